The Hall–Kier alpha value is -4.07. The molecule has 0 aliphatic carbocycles. The van der Waals surface area contributed by atoms with Crippen LogP contribution in [0.3, 0.4) is 0 Å². The first-order valence-corrected chi connectivity index (χ1v) is 11.2. The van der Waals surface area contributed by atoms with Gasteiger partial charge >= 0.3 is 12.0 Å². The van der Waals surface area contributed by atoms with Crippen LogP contribution in [-0.4, -0.2) is 26.8 Å². The van der Waals surface area contributed by atoms with Crippen LogP contribution in [0.2, 0.25) is 0 Å². The molecule has 2 heterocycles. The number of aliphatic carboxylic acids is 1. The summed E-state index contributed by atoms with van der Waals surface area (Å²) in [6, 6.07) is 13.3. The number of hydrogen-bond acceptors (Lipinski definition) is 4. The number of pyridine rings is 1. The van der Waals surface area contributed by atoms with E-state index in [0.717, 1.165) is 34.4 Å². The molecule has 8 nitrogen and oxygen atoms in total. The molecule has 4 rings (SSSR count). The van der Waals surface area contributed by atoms with Crippen LogP contribution >= 0.6 is 0 Å². The first kappa shape index (κ1) is 23.1. The van der Waals surface area contributed by atoms with Gasteiger partial charge in [-0.15, -0.1) is 0 Å². The zero-order valence-corrected chi connectivity index (χ0v) is 19.1. The number of anilines is 1. The molecule has 3 aromatic rings. The third-order valence-electron chi connectivity index (χ3n) is 6.16. The number of aromatic nitrogens is 1. The lowest BCUT2D eigenvalue weighted by Gasteiger charge is -2.20. The Morgan fingerprint density at radius 1 is 1.09 bits per heavy atom. The maximum absolute atomic E-state index is 12.8. The van der Waals surface area contributed by atoms with E-state index in [9.17, 15) is 24.6 Å². The average Bonchev–Trinajstić information content (AvgIpc) is 3.24. The molecule has 2 aromatic carbocycles. The predicted octanol–water partition coefficient (Wildman–Crippen LogP) is 4.12. The minimum Gasteiger partial charge on any atom is -0.505 e. The van der Waals surface area contributed by atoms with Crippen molar-refractivity contribution in [3.63, 3.8) is 0 Å². The van der Waals surface area contributed by atoms with Gasteiger partial charge in [0, 0.05) is 18.3 Å². The topological polar surface area (TPSA) is 121 Å². The van der Waals surface area contributed by atoms with Crippen molar-refractivity contribution < 1.29 is 19.8 Å². The summed E-state index contributed by atoms with van der Waals surface area (Å²) in [5.74, 6) is -1.39. The molecule has 0 saturated heterocycles. The molecule has 1 aromatic heterocycles. The van der Waals surface area contributed by atoms with Gasteiger partial charge in [-0.05, 0) is 60.6 Å². The third-order valence-corrected chi connectivity index (χ3v) is 6.16. The standard InChI is InChI=1S/C26H27N3O5/c1-15-6-3-7-16(2)23(15)18-9-4-8-17(12-18)20(14-22(31)32)27-26(34)28-24-21(30)13-19-10-5-11-29(19)25(24)33/h3-4,6-9,12-13,20,30H,5,10-11,14H2,1-2H3,(H,31,32)(H2,27,28,34). The number of amides is 2. The fourth-order valence-corrected chi connectivity index (χ4v) is 4.59. The molecule has 0 saturated carbocycles. The van der Waals surface area contributed by atoms with Crippen molar-refractivity contribution in [2.75, 3.05) is 5.32 Å². The van der Waals surface area contributed by atoms with Crippen molar-refractivity contribution in [3.8, 4) is 16.9 Å². The summed E-state index contributed by atoms with van der Waals surface area (Å²) in [5.41, 5.74) is 4.79. The lowest BCUT2D eigenvalue weighted by molar-refractivity contribution is -0.137. The number of carbonyl (C=O) groups is 2. The maximum Gasteiger partial charge on any atom is 0.319 e. The molecular formula is C26H27N3O5. The summed E-state index contributed by atoms with van der Waals surface area (Å²) in [6.07, 6.45) is 1.13. The van der Waals surface area contributed by atoms with E-state index >= 15 is 0 Å². The van der Waals surface area contributed by atoms with Gasteiger partial charge in [-0.25, -0.2) is 4.79 Å². The molecule has 0 spiro atoms. The number of urea groups is 1. The molecule has 2 amide bonds. The lowest BCUT2D eigenvalue weighted by atomic mass is 9.93. The number of nitrogens with one attached hydrogen (secondary N) is 2. The van der Waals surface area contributed by atoms with Crippen LogP contribution in [0.15, 0.2) is 53.3 Å². The van der Waals surface area contributed by atoms with E-state index < -0.39 is 23.6 Å². The number of benzene rings is 2. The predicted molar refractivity (Wildman–Crippen MR) is 129 cm³/mol. The fraction of sp³-hybridized carbons (Fsp3) is 0.269. The Labute approximate surface area is 196 Å². The van der Waals surface area contributed by atoms with Gasteiger partial charge < -0.3 is 25.4 Å². The van der Waals surface area contributed by atoms with E-state index in [1.54, 1.807) is 6.07 Å². The normalized spacial score (nSPS) is 13.2. The molecule has 1 atom stereocenters. The summed E-state index contributed by atoms with van der Waals surface area (Å²) in [7, 11) is 0. The molecule has 1 aliphatic heterocycles. The van der Waals surface area contributed by atoms with E-state index in [4.69, 9.17) is 0 Å². The van der Waals surface area contributed by atoms with Crippen molar-refractivity contribution in [2.45, 2.75) is 45.7 Å². The Bertz CT molecular complexity index is 1310. The number of hydrogen-bond donors (Lipinski definition) is 4. The minimum atomic E-state index is -1.08. The van der Waals surface area contributed by atoms with Crippen LogP contribution in [0.1, 0.15) is 41.3 Å². The molecule has 0 fully saturated rings. The molecule has 34 heavy (non-hydrogen) atoms. The van der Waals surface area contributed by atoms with Gasteiger partial charge in [0.25, 0.3) is 5.56 Å². The number of carboxylic acid groups (broad SMARTS) is 1. The zero-order chi connectivity index (χ0) is 24.4. The molecule has 0 radical (unpaired) electrons. The SMILES string of the molecule is Cc1cccc(C)c1-c1cccc(C(CC(=O)O)NC(=O)Nc2c(O)cc3n(c2=O)CCC3)c1. The number of aromatic hydroxyl groups is 1. The Kier molecular flexibility index (Phi) is 6.40. The second-order valence-electron chi connectivity index (χ2n) is 8.60. The second-order valence-corrected chi connectivity index (χ2v) is 8.60. The lowest BCUT2D eigenvalue weighted by Crippen LogP contribution is -2.36. The van der Waals surface area contributed by atoms with Crippen molar-refractivity contribution >= 4 is 17.7 Å². The van der Waals surface area contributed by atoms with E-state index in [0.29, 0.717) is 18.5 Å². The quantitative estimate of drug-likeness (QED) is 0.440. The summed E-state index contributed by atoms with van der Waals surface area (Å²) >= 11 is 0. The van der Waals surface area contributed by atoms with Crippen LogP contribution in [0.4, 0.5) is 10.5 Å². The highest BCUT2D eigenvalue weighted by Gasteiger charge is 2.23. The van der Waals surface area contributed by atoms with E-state index in [1.807, 2.05) is 50.2 Å². The Morgan fingerprint density at radius 2 is 1.79 bits per heavy atom. The number of fused-ring (bicyclic) bond motifs is 1. The molecule has 1 aliphatic rings. The van der Waals surface area contributed by atoms with Gasteiger partial charge in [0.1, 0.15) is 5.75 Å². The first-order chi connectivity index (χ1) is 16.2. The molecular weight excluding hydrogens is 434 g/mol. The van der Waals surface area contributed by atoms with Crippen molar-refractivity contribution in [1.29, 1.82) is 0 Å². The van der Waals surface area contributed by atoms with Crippen molar-refractivity contribution in [2.24, 2.45) is 0 Å². The Balaban J connectivity index is 1.61. The molecule has 4 N–H and O–H groups in total. The highest BCUT2D eigenvalue weighted by atomic mass is 16.4. The molecule has 8 heteroatoms. The number of carbonyl (C=O) groups excluding carboxylic acids is 1. The minimum absolute atomic E-state index is 0.221. The summed E-state index contributed by atoms with van der Waals surface area (Å²) in [4.78, 5) is 37.0. The molecule has 176 valence electrons. The van der Waals surface area contributed by atoms with Crippen LogP contribution in [0.5, 0.6) is 5.75 Å². The second kappa shape index (κ2) is 9.43. The summed E-state index contributed by atoms with van der Waals surface area (Å²) in [6.45, 7) is 4.55. The van der Waals surface area contributed by atoms with Crippen molar-refractivity contribution in [3.05, 3.63) is 81.3 Å². The summed E-state index contributed by atoms with van der Waals surface area (Å²) in [5, 5.41) is 24.8. The average molecular weight is 462 g/mol. The van der Waals surface area contributed by atoms with Gasteiger partial charge in [0.05, 0.1) is 12.5 Å². The highest BCUT2D eigenvalue weighted by Crippen LogP contribution is 2.30. The fourth-order valence-electron chi connectivity index (χ4n) is 4.59. The smallest absolute Gasteiger partial charge is 0.319 e. The first-order valence-electron chi connectivity index (χ1n) is 11.2. The van der Waals surface area contributed by atoms with Gasteiger partial charge in [-0.3, -0.25) is 9.59 Å². The van der Waals surface area contributed by atoms with Crippen LogP contribution in [0, 0.1) is 13.8 Å². The number of rotatable bonds is 6. The van der Waals surface area contributed by atoms with Gasteiger partial charge in [-0.2, -0.15) is 0 Å². The zero-order valence-electron chi connectivity index (χ0n) is 19.1. The monoisotopic (exact) mass is 461 g/mol. The van der Waals surface area contributed by atoms with Crippen LogP contribution in [0.25, 0.3) is 11.1 Å². The highest BCUT2D eigenvalue weighted by molar-refractivity contribution is 5.91. The van der Waals surface area contributed by atoms with Gasteiger partial charge in [0.2, 0.25) is 0 Å². The number of nitrogens with zero attached hydrogens (tertiary/aromatic N) is 1. The molecule has 0 bridgehead atoms. The summed E-state index contributed by atoms with van der Waals surface area (Å²) < 4.78 is 1.53. The third kappa shape index (κ3) is 4.66. The molecule has 1 unspecified atom stereocenters. The van der Waals surface area contributed by atoms with Gasteiger partial charge in [-0.1, -0.05) is 36.4 Å². The largest absolute Gasteiger partial charge is 0.505 e. The van der Waals surface area contributed by atoms with E-state index in [1.165, 1.54) is 10.6 Å². The van der Waals surface area contributed by atoms with E-state index in [2.05, 4.69) is 10.6 Å². The Morgan fingerprint density at radius 3 is 2.50 bits per heavy atom. The van der Waals surface area contributed by atoms with Gasteiger partial charge in [0.15, 0.2) is 5.69 Å². The number of aryl methyl sites for hydroxylation is 3. The number of carboxylic acids is 1. The van der Waals surface area contributed by atoms with E-state index in [-0.39, 0.29) is 17.9 Å². The van der Waals surface area contributed by atoms with Crippen LogP contribution in [-0.2, 0) is 17.8 Å². The maximum atomic E-state index is 12.8. The van der Waals surface area contributed by atoms with Crippen LogP contribution < -0.4 is 16.2 Å². The van der Waals surface area contributed by atoms with Crippen molar-refractivity contribution in [1.82, 2.24) is 9.88 Å².